The average Bonchev–Trinajstić information content (AvgIpc) is 2.79. The van der Waals surface area contributed by atoms with Crippen molar-refractivity contribution in [2.75, 3.05) is 40.9 Å². The molecule has 0 aromatic rings. The highest BCUT2D eigenvalue weighted by molar-refractivity contribution is 7.45. The second-order valence-corrected chi connectivity index (χ2v) is 12.5. The van der Waals surface area contributed by atoms with Crippen LogP contribution in [0, 0.1) is 0 Å². The van der Waals surface area contributed by atoms with Gasteiger partial charge in [0.05, 0.1) is 39.9 Å². The number of hydrogen-bond donors (Lipinski definition) is 2. The molecule has 36 heavy (non-hydrogen) atoms. The molecule has 3 atom stereocenters. The van der Waals surface area contributed by atoms with E-state index in [9.17, 15) is 19.4 Å². The molecule has 9 heteroatoms. The number of rotatable bonds is 25. The minimum Gasteiger partial charge on any atom is -0.756 e. The van der Waals surface area contributed by atoms with Gasteiger partial charge in [-0.15, -0.1) is 0 Å². The molecule has 0 radical (unpaired) electrons. The average molecular weight is 537 g/mol. The summed E-state index contributed by atoms with van der Waals surface area (Å²) >= 11 is 0. The monoisotopic (exact) mass is 536 g/mol. The van der Waals surface area contributed by atoms with E-state index in [-0.39, 0.29) is 19.1 Å². The Morgan fingerprint density at radius 1 is 0.861 bits per heavy atom. The maximum atomic E-state index is 12.5. The molecule has 8 nitrogen and oxygen atoms in total. The summed E-state index contributed by atoms with van der Waals surface area (Å²) in [6.45, 7) is 4.57. The van der Waals surface area contributed by atoms with Crippen LogP contribution in [0.15, 0.2) is 0 Å². The zero-order chi connectivity index (χ0) is 27.3. The quantitative estimate of drug-likeness (QED) is 0.0929. The van der Waals surface area contributed by atoms with Gasteiger partial charge in [0.15, 0.2) is 0 Å². The number of amides is 1. The summed E-state index contributed by atoms with van der Waals surface area (Å²) in [5.41, 5.74) is 0. The van der Waals surface area contributed by atoms with Crippen molar-refractivity contribution < 1.29 is 32.9 Å². The molecular formula is C27H57N2O6P. The smallest absolute Gasteiger partial charge is 0.268 e. The fourth-order valence-electron chi connectivity index (χ4n) is 3.92. The Hall–Kier alpha value is -0.500. The third kappa shape index (κ3) is 22.7. The summed E-state index contributed by atoms with van der Waals surface area (Å²) in [5.74, 6) is -0.180. The molecule has 0 spiro atoms. The van der Waals surface area contributed by atoms with Gasteiger partial charge in [0.1, 0.15) is 13.2 Å². The lowest BCUT2D eigenvalue weighted by atomic mass is 10.0. The van der Waals surface area contributed by atoms with Crippen molar-refractivity contribution in [2.45, 2.75) is 129 Å². The summed E-state index contributed by atoms with van der Waals surface area (Å²) < 4.78 is 22.8. The van der Waals surface area contributed by atoms with E-state index >= 15 is 0 Å². The summed E-state index contributed by atoms with van der Waals surface area (Å²) in [6.07, 6.45) is 15.6. The van der Waals surface area contributed by atoms with E-state index in [0.29, 0.717) is 23.9 Å². The van der Waals surface area contributed by atoms with Gasteiger partial charge in [-0.25, -0.2) is 0 Å². The minimum atomic E-state index is -4.53. The Balaban J connectivity index is 4.63. The van der Waals surface area contributed by atoms with Crippen molar-refractivity contribution in [2.24, 2.45) is 0 Å². The Morgan fingerprint density at radius 3 is 1.89 bits per heavy atom. The van der Waals surface area contributed by atoms with E-state index in [1.807, 2.05) is 21.1 Å². The van der Waals surface area contributed by atoms with Gasteiger partial charge in [0.2, 0.25) is 5.91 Å². The van der Waals surface area contributed by atoms with Crippen molar-refractivity contribution in [3.05, 3.63) is 0 Å². The number of nitrogens with zero attached hydrogens (tertiary/aromatic N) is 1. The Labute approximate surface area is 221 Å². The number of carbonyl (C=O) groups excluding carboxylic acids is 1. The van der Waals surface area contributed by atoms with Crippen LogP contribution in [-0.2, 0) is 18.4 Å². The van der Waals surface area contributed by atoms with Crippen LogP contribution in [0.2, 0.25) is 0 Å². The molecule has 0 fully saturated rings. The van der Waals surface area contributed by atoms with Crippen LogP contribution in [-0.4, -0.2) is 68.5 Å². The summed E-state index contributed by atoms with van der Waals surface area (Å²) in [4.78, 5) is 24.7. The fourth-order valence-corrected chi connectivity index (χ4v) is 4.64. The zero-order valence-corrected chi connectivity index (χ0v) is 24.9. The van der Waals surface area contributed by atoms with Crippen LogP contribution in [0.5, 0.6) is 0 Å². The van der Waals surface area contributed by atoms with Crippen LogP contribution in [0.4, 0.5) is 0 Å². The lowest BCUT2D eigenvalue weighted by Crippen LogP contribution is -2.46. The topological polar surface area (TPSA) is 108 Å². The lowest BCUT2D eigenvalue weighted by Gasteiger charge is -2.30. The molecule has 0 aromatic heterocycles. The van der Waals surface area contributed by atoms with Crippen molar-refractivity contribution >= 4 is 13.7 Å². The molecule has 2 N–H and O–H groups in total. The first-order valence-corrected chi connectivity index (χ1v) is 15.8. The number of nitrogens with one attached hydrogen (secondary N) is 1. The lowest BCUT2D eigenvalue weighted by molar-refractivity contribution is -0.870. The molecular weight excluding hydrogens is 479 g/mol. The second-order valence-electron chi connectivity index (χ2n) is 11.1. The van der Waals surface area contributed by atoms with Gasteiger partial charge in [-0.05, 0) is 12.8 Å². The van der Waals surface area contributed by atoms with Gasteiger partial charge in [0.25, 0.3) is 7.82 Å². The maximum Gasteiger partial charge on any atom is 0.268 e. The van der Waals surface area contributed by atoms with E-state index in [2.05, 4.69) is 19.2 Å². The highest BCUT2D eigenvalue weighted by atomic mass is 31.2. The number of phosphoric ester groups is 1. The van der Waals surface area contributed by atoms with E-state index in [0.717, 1.165) is 38.5 Å². The number of unbranched alkanes of at least 4 members (excludes halogenated alkanes) is 12. The zero-order valence-electron chi connectivity index (χ0n) is 24.0. The van der Waals surface area contributed by atoms with Gasteiger partial charge in [0, 0.05) is 6.42 Å². The molecule has 0 bridgehead atoms. The van der Waals surface area contributed by atoms with Crippen molar-refractivity contribution in [1.82, 2.24) is 5.32 Å². The molecule has 3 unspecified atom stereocenters. The molecule has 0 aliphatic carbocycles. The third-order valence-electron chi connectivity index (χ3n) is 6.35. The van der Waals surface area contributed by atoms with E-state index < -0.39 is 20.0 Å². The third-order valence-corrected chi connectivity index (χ3v) is 7.31. The van der Waals surface area contributed by atoms with E-state index in [4.69, 9.17) is 9.05 Å². The second kappa shape index (κ2) is 21.4. The number of phosphoric acid groups is 1. The predicted molar refractivity (Wildman–Crippen MR) is 146 cm³/mol. The summed E-state index contributed by atoms with van der Waals surface area (Å²) in [6, 6.07) is -0.786. The van der Waals surface area contributed by atoms with Crippen molar-refractivity contribution in [3.63, 3.8) is 0 Å². The molecule has 0 aliphatic heterocycles. The summed E-state index contributed by atoms with van der Waals surface area (Å²) in [7, 11) is 1.30. The fraction of sp³-hybridized carbons (Fsp3) is 0.963. The number of aliphatic hydroxyl groups excluding tert-OH is 1. The predicted octanol–water partition coefficient (Wildman–Crippen LogP) is 5.32. The Morgan fingerprint density at radius 2 is 1.36 bits per heavy atom. The summed E-state index contributed by atoms with van der Waals surface area (Å²) in [5, 5.41) is 13.6. The van der Waals surface area contributed by atoms with Crippen molar-refractivity contribution in [1.29, 1.82) is 0 Å². The van der Waals surface area contributed by atoms with Gasteiger partial charge in [-0.1, -0.05) is 97.3 Å². The van der Waals surface area contributed by atoms with Gasteiger partial charge < -0.3 is 28.8 Å². The number of aliphatic hydroxyl groups is 1. The number of quaternary nitrogens is 1. The number of likely N-dealkylation sites (N-methyl/N-ethyl adjacent to an activating group) is 1. The van der Waals surface area contributed by atoms with Gasteiger partial charge in [-0.2, -0.15) is 0 Å². The largest absolute Gasteiger partial charge is 0.756 e. The minimum absolute atomic E-state index is 0.0140. The molecule has 1 amide bonds. The van der Waals surface area contributed by atoms with E-state index in [1.165, 1.54) is 51.4 Å². The van der Waals surface area contributed by atoms with Crippen molar-refractivity contribution in [3.8, 4) is 0 Å². The molecule has 216 valence electrons. The standard InChI is InChI=1S/C27H57N2O6P/c1-6-8-10-12-14-15-16-18-20-26(30)25(28-27(31)21-19-17-13-11-9-7-2)24-35-36(32,33)34-23-22-29(3,4)5/h25-26,30H,6-24H2,1-5H3,(H-,28,31,32,33). The Kier molecular flexibility index (Phi) is 21.1. The van der Waals surface area contributed by atoms with Gasteiger partial charge >= 0.3 is 0 Å². The first kappa shape index (κ1) is 35.5. The molecule has 0 saturated carbocycles. The molecule has 0 saturated heterocycles. The molecule has 0 aliphatic rings. The maximum absolute atomic E-state index is 12.5. The van der Waals surface area contributed by atoms with Crippen LogP contribution in [0.3, 0.4) is 0 Å². The first-order valence-electron chi connectivity index (χ1n) is 14.4. The highest BCUT2D eigenvalue weighted by Crippen LogP contribution is 2.38. The van der Waals surface area contributed by atoms with E-state index in [1.54, 1.807) is 0 Å². The molecule has 0 heterocycles. The van der Waals surface area contributed by atoms with Gasteiger partial charge in [-0.3, -0.25) is 9.36 Å². The molecule has 0 aromatic carbocycles. The van der Waals surface area contributed by atoms with Crippen LogP contribution < -0.4 is 10.2 Å². The normalized spacial score (nSPS) is 15.4. The number of hydrogen-bond acceptors (Lipinski definition) is 6. The Bertz CT molecular complexity index is 585. The van der Waals surface area contributed by atoms with Crippen LogP contribution >= 0.6 is 7.82 Å². The highest BCUT2D eigenvalue weighted by Gasteiger charge is 2.24. The first-order chi connectivity index (χ1) is 17.0. The number of carbonyl (C=O) groups is 1. The molecule has 0 rings (SSSR count). The van der Waals surface area contributed by atoms with Crippen LogP contribution in [0.25, 0.3) is 0 Å². The van der Waals surface area contributed by atoms with Crippen LogP contribution in [0.1, 0.15) is 117 Å². The SMILES string of the molecule is CCCCCCCCCCC(O)C(COP(=O)([O-])OCC[N+](C)(C)C)NC(=O)CCCCCCCC.